The SMILES string of the molecule is COc1ccc2nnc(CCCC(=O)Nc3cc(Cl)ccc3OC)n2n1. The van der Waals surface area contributed by atoms with E-state index >= 15 is 0 Å². The molecule has 3 rings (SSSR count). The van der Waals surface area contributed by atoms with Crippen LogP contribution in [-0.4, -0.2) is 39.9 Å². The Hall–Kier alpha value is -2.87. The number of fused-ring (bicyclic) bond motifs is 1. The molecule has 3 aromatic rings. The smallest absolute Gasteiger partial charge is 0.231 e. The number of halogens is 1. The zero-order valence-corrected chi connectivity index (χ0v) is 15.2. The molecule has 136 valence electrons. The number of nitrogens with zero attached hydrogens (tertiary/aromatic N) is 4. The zero-order valence-electron chi connectivity index (χ0n) is 14.4. The molecule has 0 radical (unpaired) electrons. The van der Waals surface area contributed by atoms with Gasteiger partial charge in [0, 0.05) is 23.9 Å². The molecule has 26 heavy (non-hydrogen) atoms. The molecule has 8 nitrogen and oxygen atoms in total. The Bertz CT molecular complexity index is 928. The van der Waals surface area contributed by atoms with Crippen LogP contribution in [0.4, 0.5) is 5.69 Å². The van der Waals surface area contributed by atoms with Gasteiger partial charge >= 0.3 is 0 Å². The van der Waals surface area contributed by atoms with Crippen molar-refractivity contribution in [3.8, 4) is 11.6 Å². The predicted molar refractivity (Wildman–Crippen MR) is 96.9 cm³/mol. The van der Waals surface area contributed by atoms with Crippen molar-refractivity contribution in [1.82, 2.24) is 19.8 Å². The van der Waals surface area contributed by atoms with Crippen molar-refractivity contribution >= 4 is 28.8 Å². The van der Waals surface area contributed by atoms with E-state index in [0.717, 1.165) is 0 Å². The number of nitrogens with one attached hydrogen (secondary N) is 1. The number of hydrogen-bond acceptors (Lipinski definition) is 6. The normalized spacial score (nSPS) is 10.7. The van der Waals surface area contributed by atoms with Gasteiger partial charge in [-0.25, -0.2) is 0 Å². The van der Waals surface area contributed by atoms with Crippen molar-refractivity contribution in [2.45, 2.75) is 19.3 Å². The second-order valence-electron chi connectivity index (χ2n) is 5.51. The predicted octanol–water partition coefficient (Wildman–Crippen LogP) is 2.76. The van der Waals surface area contributed by atoms with Crippen LogP contribution in [0.15, 0.2) is 30.3 Å². The van der Waals surface area contributed by atoms with Crippen LogP contribution in [0.25, 0.3) is 5.65 Å². The Kier molecular flexibility index (Phi) is 5.52. The second kappa shape index (κ2) is 8.01. The van der Waals surface area contributed by atoms with Gasteiger partial charge in [0.15, 0.2) is 11.5 Å². The lowest BCUT2D eigenvalue weighted by Crippen LogP contribution is -2.12. The molecule has 0 aliphatic rings. The summed E-state index contributed by atoms with van der Waals surface area (Å²) in [6.07, 6.45) is 1.46. The number of rotatable bonds is 7. The minimum atomic E-state index is -0.134. The number of aromatic nitrogens is 4. The van der Waals surface area contributed by atoms with Crippen LogP contribution in [0.5, 0.6) is 11.6 Å². The van der Waals surface area contributed by atoms with Crippen LogP contribution >= 0.6 is 11.6 Å². The molecule has 0 fully saturated rings. The Balaban J connectivity index is 1.60. The summed E-state index contributed by atoms with van der Waals surface area (Å²) in [5, 5.41) is 15.8. The first-order chi connectivity index (χ1) is 12.6. The summed E-state index contributed by atoms with van der Waals surface area (Å²) in [6.45, 7) is 0. The molecule has 0 unspecified atom stereocenters. The van der Waals surface area contributed by atoms with Crippen LogP contribution in [0.3, 0.4) is 0 Å². The van der Waals surface area contributed by atoms with Gasteiger partial charge in [0.2, 0.25) is 11.8 Å². The standard InChI is InChI=1S/C17H18ClN5O3/c1-25-13-7-6-11(18)10-12(13)19-16(24)5-3-4-14-20-21-15-8-9-17(26-2)22-23(14)15/h6-10H,3-5H2,1-2H3,(H,19,24). The lowest BCUT2D eigenvalue weighted by molar-refractivity contribution is -0.116. The Morgan fingerprint density at radius 2 is 2.04 bits per heavy atom. The van der Waals surface area contributed by atoms with E-state index in [1.54, 1.807) is 42.0 Å². The molecule has 1 aromatic carbocycles. The number of anilines is 1. The van der Waals surface area contributed by atoms with Gasteiger partial charge < -0.3 is 14.8 Å². The van der Waals surface area contributed by atoms with E-state index in [1.807, 2.05) is 0 Å². The molecule has 2 aromatic heterocycles. The minimum absolute atomic E-state index is 0.134. The number of benzene rings is 1. The van der Waals surface area contributed by atoms with Gasteiger partial charge in [0.25, 0.3) is 0 Å². The molecule has 0 aliphatic carbocycles. The largest absolute Gasteiger partial charge is 0.495 e. The quantitative estimate of drug-likeness (QED) is 0.682. The van der Waals surface area contributed by atoms with E-state index in [-0.39, 0.29) is 5.91 Å². The van der Waals surface area contributed by atoms with Gasteiger partial charge in [-0.1, -0.05) is 11.6 Å². The molecule has 0 saturated carbocycles. The summed E-state index contributed by atoms with van der Waals surface area (Å²) in [6, 6.07) is 8.56. The number of hydrogen-bond donors (Lipinski definition) is 1. The fourth-order valence-electron chi connectivity index (χ4n) is 2.48. The lowest BCUT2D eigenvalue weighted by atomic mass is 10.2. The van der Waals surface area contributed by atoms with Gasteiger partial charge in [-0.05, 0) is 30.7 Å². The molecule has 1 amide bonds. The first kappa shape index (κ1) is 17.9. The van der Waals surface area contributed by atoms with Crippen molar-refractivity contribution in [3.63, 3.8) is 0 Å². The Morgan fingerprint density at radius 1 is 1.19 bits per heavy atom. The van der Waals surface area contributed by atoms with Crippen LogP contribution in [0.1, 0.15) is 18.7 Å². The summed E-state index contributed by atoms with van der Waals surface area (Å²) in [7, 11) is 3.09. The maximum absolute atomic E-state index is 12.2. The summed E-state index contributed by atoms with van der Waals surface area (Å²) >= 11 is 5.97. The van der Waals surface area contributed by atoms with E-state index in [9.17, 15) is 4.79 Å². The zero-order chi connectivity index (χ0) is 18.5. The number of aryl methyl sites for hydroxylation is 1. The topological polar surface area (TPSA) is 90.6 Å². The fraction of sp³-hybridized carbons (Fsp3) is 0.294. The summed E-state index contributed by atoms with van der Waals surface area (Å²) < 4.78 is 12.0. The molecule has 0 bridgehead atoms. The van der Waals surface area contributed by atoms with Gasteiger partial charge in [0.05, 0.1) is 19.9 Å². The molecular formula is C17H18ClN5O3. The third-order valence-electron chi connectivity index (χ3n) is 3.75. The van der Waals surface area contributed by atoms with Crippen LogP contribution < -0.4 is 14.8 Å². The summed E-state index contributed by atoms with van der Waals surface area (Å²) in [5.74, 6) is 1.57. The van der Waals surface area contributed by atoms with Crippen molar-refractivity contribution in [2.24, 2.45) is 0 Å². The van der Waals surface area contributed by atoms with Crippen LogP contribution in [0, 0.1) is 0 Å². The maximum Gasteiger partial charge on any atom is 0.231 e. The molecule has 9 heteroatoms. The second-order valence-corrected chi connectivity index (χ2v) is 5.94. The highest BCUT2D eigenvalue weighted by Gasteiger charge is 2.11. The van der Waals surface area contributed by atoms with Gasteiger partial charge in [-0.15, -0.1) is 15.3 Å². The Morgan fingerprint density at radius 3 is 2.81 bits per heavy atom. The van der Waals surface area contributed by atoms with Crippen LogP contribution in [-0.2, 0) is 11.2 Å². The van der Waals surface area contributed by atoms with E-state index < -0.39 is 0 Å². The Labute approximate surface area is 155 Å². The molecule has 0 aliphatic heterocycles. The summed E-state index contributed by atoms with van der Waals surface area (Å²) in [4.78, 5) is 12.2. The molecule has 0 saturated heterocycles. The third kappa shape index (κ3) is 4.02. The first-order valence-electron chi connectivity index (χ1n) is 7.99. The highest BCUT2D eigenvalue weighted by atomic mass is 35.5. The number of carbonyl (C=O) groups is 1. The van der Waals surface area contributed by atoms with E-state index in [1.165, 1.54) is 7.11 Å². The number of ether oxygens (including phenoxy) is 2. The number of amides is 1. The van der Waals surface area contributed by atoms with Crippen LogP contribution in [0.2, 0.25) is 5.02 Å². The number of methoxy groups -OCH3 is 2. The monoisotopic (exact) mass is 375 g/mol. The molecule has 1 N–H and O–H groups in total. The first-order valence-corrected chi connectivity index (χ1v) is 8.37. The van der Waals surface area contributed by atoms with E-state index in [2.05, 4.69) is 20.6 Å². The maximum atomic E-state index is 12.2. The highest BCUT2D eigenvalue weighted by molar-refractivity contribution is 6.31. The van der Waals surface area contributed by atoms with Crippen molar-refractivity contribution in [1.29, 1.82) is 0 Å². The molecular weight excluding hydrogens is 358 g/mol. The molecule has 0 spiro atoms. The third-order valence-corrected chi connectivity index (χ3v) is 3.99. The number of carbonyl (C=O) groups excluding carboxylic acids is 1. The summed E-state index contributed by atoms with van der Waals surface area (Å²) in [5.41, 5.74) is 1.18. The van der Waals surface area contributed by atoms with E-state index in [4.69, 9.17) is 21.1 Å². The molecule has 2 heterocycles. The highest BCUT2D eigenvalue weighted by Crippen LogP contribution is 2.27. The van der Waals surface area contributed by atoms with Crippen molar-refractivity contribution in [2.75, 3.05) is 19.5 Å². The van der Waals surface area contributed by atoms with Crippen molar-refractivity contribution in [3.05, 3.63) is 41.2 Å². The average Bonchev–Trinajstić information content (AvgIpc) is 3.04. The average molecular weight is 376 g/mol. The lowest BCUT2D eigenvalue weighted by Gasteiger charge is -2.10. The van der Waals surface area contributed by atoms with Gasteiger partial charge in [0.1, 0.15) is 5.75 Å². The van der Waals surface area contributed by atoms with E-state index in [0.29, 0.717) is 53.1 Å². The van der Waals surface area contributed by atoms with Crippen molar-refractivity contribution < 1.29 is 14.3 Å². The van der Waals surface area contributed by atoms with Gasteiger partial charge in [-0.2, -0.15) is 4.52 Å². The molecule has 0 atom stereocenters. The fourth-order valence-corrected chi connectivity index (χ4v) is 2.65. The van der Waals surface area contributed by atoms with Gasteiger partial charge in [-0.3, -0.25) is 4.79 Å². The minimum Gasteiger partial charge on any atom is -0.495 e.